The van der Waals surface area contributed by atoms with Gasteiger partial charge in [0.25, 0.3) is 0 Å². The summed E-state index contributed by atoms with van der Waals surface area (Å²) in [5.41, 5.74) is 0.0332. The second kappa shape index (κ2) is 4.23. The molecule has 1 aliphatic carbocycles. The number of hydrogen-bond acceptors (Lipinski definition) is 3. The standard InChI is InChI=1S/C11H17N3O2/c1-7-3-8(2)5-9(4-7)14-6-10(11(15)16)12-13-14/h6-9H,3-5H2,1-2H3,(H,15,16). The van der Waals surface area contributed by atoms with Crippen molar-refractivity contribution in [3.8, 4) is 0 Å². The van der Waals surface area contributed by atoms with Crippen molar-refractivity contribution in [2.24, 2.45) is 11.8 Å². The average Bonchev–Trinajstić information content (AvgIpc) is 2.64. The van der Waals surface area contributed by atoms with Gasteiger partial charge in [-0.3, -0.25) is 0 Å². The minimum atomic E-state index is -1.01. The van der Waals surface area contributed by atoms with Crippen LogP contribution in [0.25, 0.3) is 0 Å². The van der Waals surface area contributed by atoms with E-state index in [4.69, 9.17) is 5.11 Å². The van der Waals surface area contributed by atoms with Gasteiger partial charge < -0.3 is 5.11 Å². The number of carboxylic acid groups (broad SMARTS) is 1. The maximum absolute atomic E-state index is 10.7. The monoisotopic (exact) mass is 223 g/mol. The molecule has 1 saturated carbocycles. The first-order chi connectivity index (χ1) is 7.56. The molecular weight excluding hydrogens is 206 g/mol. The molecule has 88 valence electrons. The number of aromatic nitrogens is 3. The van der Waals surface area contributed by atoms with Gasteiger partial charge in [0.05, 0.1) is 12.2 Å². The zero-order chi connectivity index (χ0) is 11.7. The van der Waals surface area contributed by atoms with Crippen molar-refractivity contribution in [1.29, 1.82) is 0 Å². The van der Waals surface area contributed by atoms with Gasteiger partial charge in [0.2, 0.25) is 0 Å². The van der Waals surface area contributed by atoms with E-state index in [1.807, 2.05) is 0 Å². The molecule has 2 unspecified atom stereocenters. The van der Waals surface area contributed by atoms with E-state index in [1.165, 1.54) is 12.6 Å². The maximum Gasteiger partial charge on any atom is 0.358 e. The van der Waals surface area contributed by atoms with Crippen LogP contribution < -0.4 is 0 Å². The Kier molecular flexibility index (Phi) is 2.94. The van der Waals surface area contributed by atoms with Gasteiger partial charge in [-0.25, -0.2) is 9.48 Å². The van der Waals surface area contributed by atoms with E-state index in [0.717, 1.165) is 12.8 Å². The van der Waals surface area contributed by atoms with Crippen LogP contribution in [0.15, 0.2) is 6.20 Å². The van der Waals surface area contributed by atoms with E-state index in [0.29, 0.717) is 17.9 Å². The normalized spacial score (nSPS) is 30.2. The quantitative estimate of drug-likeness (QED) is 0.832. The highest BCUT2D eigenvalue weighted by Crippen LogP contribution is 2.35. The predicted octanol–water partition coefficient (Wildman–Crippen LogP) is 1.97. The first kappa shape index (κ1) is 11.1. The molecule has 1 aromatic heterocycles. The molecule has 5 nitrogen and oxygen atoms in total. The highest BCUT2D eigenvalue weighted by atomic mass is 16.4. The fraction of sp³-hybridized carbons (Fsp3) is 0.727. The lowest BCUT2D eigenvalue weighted by atomic mass is 9.80. The number of nitrogens with zero attached hydrogens (tertiary/aromatic N) is 3. The highest BCUT2D eigenvalue weighted by molar-refractivity contribution is 5.84. The second-order valence-corrected chi connectivity index (χ2v) is 4.96. The van der Waals surface area contributed by atoms with Crippen molar-refractivity contribution in [3.05, 3.63) is 11.9 Å². The third-order valence-electron chi connectivity index (χ3n) is 3.26. The molecule has 0 radical (unpaired) electrons. The van der Waals surface area contributed by atoms with E-state index in [-0.39, 0.29) is 5.69 Å². The number of carbonyl (C=O) groups is 1. The molecule has 5 heteroatoms. The molecule has 1 aromatic rings. The lowest BCUT2D eigenvalue weighted by molar-refractivity contribution is 0.0690. The van der Waals surface area contributed by atoms with Crippen LogP contribution in [0.5, 0.6) is 0 Å². The molecule has 16 heavy (non-hydrogen) atoms. The van der Waals surface area contributed by atoms with E-state index in [1.54, 1.807) is 4.68 Å². The molecule has 2 rings (SSSR count). The zero-order valence-corrected chi connectivity index (χ0v) is 9.63. The van der Waals surface area contributed by atoms with Gasteiger partial charge in [0, 0.05) is 0 Å². The van der Waals surface area contributed by atoms with Gasteiger partial charge in [0.1, 0.15) is 0 Å². The second-order valence-electron chi connectivity index (χ2n) is 4.96. The SMILES string of the molecule is CC1CC(C)CC(n2cc(C(=O)O)nn2)C1. The molecule has 2 atom stereocenters. The summed E-state index contributed by atoms with van der Waals surface area (Å²) in [5, 5.41) is 16.4. The van der Waals surface area contributed by atoms with E-state index in [9.17, 15) is 4.79 Å². The summed E-state index contributed by atoms with van der Waals surface area (Å²) in [6.07, 6.45) is 4.91. The lowest BCUT2D eigenvalue weighted by Crippen LogP contribution is -2.23. The molecule has 0 aliphatic heterocycles. The summed E-state index contributed by atoms with van der Waals surface area (Å²) < 4.78 is 1.72. The number of aromatic carboxylic acids is 1. The van der Waals surface area contributed by atoms with Gasteiger partial charge >= 0.3 is 5.97 Å². The van der Waals surface area contributed by atoms with Crippen molar-refractivity contribution < 1.29 is 9.90 Å². The van der Waals surface area contributed by atoms with E-state index >= 15 is 0 Å². The van der Waals surface area contributed by atoms with Crippen molar-refractivity contribution >= 4 is 5.97 Å². The third-order valence-corrected chi connectivity index (χ3v) is 3.26. The van der Waals surface area contributed by atoms with Crippen LogP contribution >= 0.6 is 0 Å². The fourth-order valence-electron chi connectivity index (χ4n) is 2.67. The van der Waals surface area contributed by atoms with E-state index in [2.05, 4.69) is 24.2 Å². The summed E-state index contributed by atoms with van der Waals surface area (Å²) in [5.74, 6) is 0.334. The summed E-state index contributed by atoms with van der Waals surface area (Å²) in [4.78, 5) is 10.7. The predicted molar refractivity (Wildman–Crippen MR) is 58.2 cm³/mol. The van der Waals surface area contributed by atoms with Crippen LogP contribution in [-0.4, -0.2) is 26.1 Å². The Morgan fingerprint density at radius 2 is 2.00 bits per heavy atom. The average molecular weight is 223 g/mol. The van der Waals surface area contributed by atoms with Crippen LogP contribution in [-0.2, 0) is 0 Å². The van der Waals surface area contributed by atoms with Crippen LogP contribution in [0.3, 0.4) is 0 Å². The highest BCUT2D eigenvalue weighted by Gasteiger charge is 2.26. The number of hydrogen-bond donors (Lipinski definition) is 1. The molecular formula is C11H17N3O2. The first-order valence-electron chi connectivity index (χ1n) is 5.71. The Morgan fingerprint density at radius 3 is 2.50 bits per heavy atom. The van der Waals surface area contributed by atoms with Crippen LogP contribution in [0.1, 0.15) is 49.6 Å². The minimum Gasteiger partial charge on any atom is -0.476 e. The van der Waals surface area contributed by atoms with Gasteiger partial charge in [-0.15, -0.1) is 5.10 Å². The molecule has 1 aliphatic rings. The van der Waals surface area contributed by atoms with Gasteiger partial charge in [-0.1, -0.05) is 19.1 Å². The molecule has 0 spiro atoms. The lowest BCUT2D eigenvalue weighted by Gasteiger charge is -2.31. The Hall–Kier alpha value is -1.39. The number of rotatable bonds is 2. The first-order valence-corrected chi connectivity index (χ1v) is 5.71. The number of carboxylic acids is 1. The fourth-order valence-corrected chi connectivity index (χ4v) is 2.67. The molecule has 1 N–H and O–H groups in total. The van der Waals surface area contributed by atoms with Gasteiger partial charge in [0.15, 0.2) is 5.69 Å². The Balaban J connectivity index is 2.13. The molecule has 0 saturated heterocycles. The third kappa shape index (κ3) is 2.23. The van der Waals surface area contributed by atoms with Crippen LogP contribution in [0.2, 0.25) is 0 Å². The zero-order valence-electron chi connectivity index (χ0n) is 9.63. The van der Waals surface area contributed by atoms with Gasteiger partial charge in [-0.2, -0.15) is 0 Å². The summed E-state index contributed by atoms with van der Waals surface area (Å²) in [6.45, 7) is 4.47. The van der Waals surface area contributed by atoms with Crippen LogP contribution in [0.4, 0.5) is 0 Å². The Bertz CT molecular complexity index is 378. The molecule has 0 bridgehead atoms. The van der Waals surface area contributed by atoms with Gasteiger partial charge in [-0.05, 0) is 31.1 Å². The van der Waals surface area contributed by atoms with Crippen molar-refractivity contribution in [2.75, 3.05) is 0 Å². The summed E-state index contributed by atoms with van der Waals surface area (Å²) >= 11 is 0. The molecule has 0 amide bonds. The summed E-state index contributed by atoms with van der Waals surface area (Å²) in [6, 6.07) is 0.305. The van der Waals surface area contributed by atoms with Crippen molar-refractivity contribution in [2.45, 2.75) is 39.2 Å². The smallest absolute Gasteiger partial charge is 0.358 e. The molecule has 1 fully saturated rings. The largest absolute Gasteiger partial charge is 0.476 e. The van der Waals surface area contributed by atoms with E-state index < -0.39 is 5.97 Å². The minimum absolute atomic E-state index is 0.0332. The molecule has 1 heterocycles. The van der Waals surface area contributed by atoms with Crippen LogP contribution in [0, 0.1) is 11.8 Å². The Labute approximate surface area is 94.5 Å². The molecule has 0 aromatic carbocycles. The van der Waals surface area contributed by atoms with Crippen molar-refractivity contribution in [3.63, 3.8) is 0 Å². The maximum atomic E-state index is 10.7. The topological polar surface area (TPSA) is 68.0 Å². The summed E-state index contributed by atoms with van der Waals surface area (Å²) in [7, 11) is 0. The Morgan fingerprint density at radius 1 is 1.38 bits per heavy atom. The van der Waals surface area contributed by atoms with Crippen molar-refractivity contribution in [1.82, 2.24) is 15.0 Å².